The highest BCUT2D eigenvalue weighted by Gasteiger charge is 2.25. The van der Waals surface area contributed by atoms with Crippen LogP contribution in [0.5, 0.6) is 0 Å². The lowest BCUT2D eigenvalue weighted by molar-refractivity contribution is -0.125. The van der Waals surface area contributed by atoms with Crippen molar-refractivity contribution in [1.29, 1.82) is 0 Å². The molecule has 0 bridgehead atoms. The van der Waals surface area contributed by atoms with Crippen LogP contribution in [0.25, 0.3) is 0 Å². The van der Waals surface area contributed by atoms with Gasteiger partial charge >= 0.3 is 0 Å². The van der Waals surface area contributed by atoms with Gasteiger partial charge in [-0.05, 0) is 23.9 Å². The SMILES string of the molecule is O=C(NCc1nc(Cc2cccs2)no1)C1CCn2nccc2C1. The molecule has 4 rings (SSSR count). The zero-order chi connectivity index (χ0) is 16.4. The van der Waals surface area contributed by atoms with Gasteiger partial charge < -0.3 is 9.84 Å². The van der Waals surface area contributed by atoms with Gasteiger partial charge in [0, 0.05) is 42.1 Å². The van der Waals surface area contributed by atoms with Crippen molar-refractivity contribution >= 4 is 17.2 Å². The largest absolute Gasteiger partial charge is 0.347 e. The zero-order valence-corrected chi connectivity index (χ0v) is 13.8. The molecule has 0 saturated heterocycles. The van der Waals surface area contributed by atoms with E-state index in [2.05, 4.69) is 20.6 Å². The van der Waals surface area contributed by atoms with E-state index in [0.29, 0.717) is 18.1 Å². The summed E-state index contributed by atoms with van der Waals surface area (Å²) in [4.78, 5) is 17.9. The number of rotatable bonds is 5. The monoisotopic (exact) mass is 343 g/mol. The molecular weight excluding hydrogens is 326 g/mol. The Labute approximate surface area is 142 Å². The van der Waals surface area contributed by atoms with E-state index in [9.17, 15) is 4.79 Å². The number of aromatic nitrogens is 4. The molecule has 1 aliphatic rings. The summed E-state index contributed by atoms with van der Waals surface area (Å²) in [7, 11) is 0. The van der Waals surface area contributed by atoms with Crippen molar-refractivity contribution in [2.75, 3.05) is 0 Å². The van der Waals surface area contributed by atoms with Crippen molar-refractivity contribution in [3.8, 4) is 0 Å². The molecule has 1 atom stereocenters. The van der Waals surface area contributed by atoms with Crippen LogP contribution in [0.4, 0.5) is 0 Å². The minimum Gasteiger partial charge on any atom is -0.347 e. The van der Waals surface area contributed by atoms with Gasteiger partial charge in [0.2, 0.25) is 11.8 Å². The van der Waals surface area contributed by atoms with Crippen molar-refractivity contribution in [3.05, 3.63) is 52.1 Å². The van der Waals surface area contributed by atoms with Crippen LogP contribution in [-0.2, 0) is 30.7 Å². The van der Waals surface area contributed by atoms with Gasteiger partial charge in [-0.1, -0.05) is 11.2 Å². The van der Waals surface area contributed by atoms with Crippen LogP contribution in [-0.4, -0.2) is 25.8 Å². The maximum atomic E-state index is 12.3. The average Bonchev–Trinajstić information content (AvgIpc) is 3.34. The van der Waals surface area contributed by atoms with Gasteiger partial charge in [-0.15, -0.1) is 11.3 Å². The van der Waals surface area contributed by atoms with Crippen LogP contribution in [0.3, 0.4) is 0 Å². The summed E-state index contributed by atoms with van der Waals surface area (Å²) in [5.74, 6) is 1.09. The van der Waals surface area contributed by atoms with Gasteiger partial charge in [0.05, 0.1) is 6.54 Å². The molecule has 0 aliphatic carbocycles. The first kappa shape index (κ1) is 15.1. The third-order valence-corrected chi connectivity index (χ3v) is 5.03. The molecule has 3 aromatic rings. The number of hydrogen-bond acceptors (Lipinski definition) is 6. The van der Waals surface area contributed by atoms with Gasteiger partial charge in [0.15, 0.2) is 5.82 Å². The number of nitrogens with one attached hydrogen (secondary N) is 1. The smallest absolute Gasteiger partial charge is 0.246 e. The molecule has 0 aromatic carbocycles. The Hall–Kier alpha value is -2.48. The van der Waals surface area contributed by atoms with Crippen molar-refractivity contribution in [2.24, 2.45) is 5.92 Å². The summed E-state index contributed by atoms with van der Waals surface area (Å²) in [6.07, 6.45) is 3.96. The van der Waals surface area contributed by atoms with Gasteiger partial charge in [-0.25, -0.2) is 0 Å². The van der Waals surface area contributed by atoms with Crippen LogP contribution in [0.1, 0.15) is 28.7 Å². The lowest BCUT2D eigenvalue weighted by Gasteiger charge is -2.22. The Morgan fingerprint density at radius 3 is 3.29 bits per heavy atom. The molecule has 1 N–H and O–H groups in total. The molecule has 1 amide bonds. The molecule has 1 aliphatic heterocycles. The summed E-state index contributed by atoms with van der Waals surface area (Å²) >= 11 is 1.66. The van der Waals surface area contributed by atoms with E-state index in [4.69, 9.17) is 4.52 Å². The van der Waals surface area contributed by atoms with E-state index in [-0.39, 0.29) is 18.4 Å². The standard InChI is InChI=1S/C16H17N5O2S/c22-16(11-4-6-21-12(8-11)3-5-18-21)17-10-15-19-14(20-23-15)9-13-2-1-7-24-13/h1-3,5,7,11H,4,6,8-10H2,(H,17,22). The molecule has 0 saturated carbocycles. The molecule has 124 valence electrons. The maximum Gasteiger partial charge on any atom is 0.246 e. The quantitative estimate of drug-likeness (QED) is 0.763. The number of amides is 1. The number of hydrogen-bond donors (Lipinski definition) is 1. The first-order valence-electron chi connectivity index (χ1n) is 7.90. The Bertz CT molecular complexity index is 823. The topological polar surface area (TPSA) is 85.8 Å². The Morgan fingerprint density at radius 2 is 2.42 bits per heavy atom. The minimum atomic E-state index is -0.0253. The predicted molar refractivity (Wildman–Crippen MR) is 87.3 cm³/mol. The molecule has 8 heteroatoms. The van der Waals surface area contributed by atoms with Gasteiger partial charge in [0.1, 0.15) is 0 Å². The van der Waals surface area contributed by atoms with Crippen molar-refractivity contribution in [1.82, 2.24) is 25.2 Å². The zero-order valence-electron chi connectivity index (χ0n) is 13.0. The fourth-order valence-corrected chi connectivity index (χ4v) is 3.60. The maximum absolute atomic E-state index is 12.3. The average molecular weight is 343 g/mol. The van der Waals surface area contributed by atoms with Crippen LogP contribution in [0.2, 0.25) is 0 Å². The summed E-state index contributed by atoms with van der Waals surface area (Å²) in [6, 6.07) is 6.00. The summed E-state index contributed by atoms with van der Waals surface area (Å²) in [5, 5.41) is 13.1. The Morgan fingerprint density at radius 1 is 1.46 bits per heavy atom. The molecule has 4 heterocycles. The van der Waals surface area contributed by atoms with E-state index >= 15 is 0 Å². The molecule has 0 radical (unpaired) electrons. The van der Waals surface area contributed by atoms with Crippen LogP contribution in [0.15, 0.2) is 34.3 Å². The first-order chi connectivity index (χ1) is 11.8. The minimum absolute atomic E-state index is 0.0253. The molecule has 1 unspecified atom stereocenters. The number of nitrogens with zero attached hydrogens (tertiary/aromatic N) is 4. The molecule has 0 fully saturated rings. The predicted octanol–water partition coefficient (Wildman–Crippen LogP) is 1.80. The van der Waals surface area contributed by atoms with E-state index in [1.165, 1.54) is 4.88 Å². The number of aryl methyl sites for hydroxylation is 1. The van der Waals surface area contributed by atoms with Crippen molar-refractivity contribution < 1.29 is 9.32 Å². The molecule has 7 nitrogen and oxygen atoms in total. The normalized spacial score (nSPS) is 16.8. The van der Waals surface area contributed by atoms with Crippen LogP contribution < -0.4 is 5.32 Å². The third kappa shape index (κ3) is 3.23. The van der Waals surface area contributed by atoms with Crippen LogP contribution >= 0.6 is 11.3 Å². The van der Waals surface area contributed by atoms with Gasteiger partial charge in [-0.2, -0.15) is 10.1 Å². The number of carbonyl (C=O) groups excluding carboxylic acids is 1. The number of carbonyl (C=O) groups is 1. The second kappa shape index (κ2) is 6.56. The van der Waals surface area contributed by atoms with E-state index < -0.39 is 0 Å². The van der Waals surface area contributed by atoms with Crippen LogP contribution in [0, 0.1) is 5.92 Å². The summed E-state index contributed by atoms with van der Waals surface area (Å²) < 4.78 is 7.17. The molecule has 3 aromatic heterocycles. The summed E-state index contributed by atoms with van der Waals surface area (Å²) in [5.41, 5.74) is 1.11. The fraction of sp³-hybridized carbons (Fsp3) is 0.375. The summed E-state index contributed by atoms with van der Waals surface area (Å²) in [6.45, 7) is 1.05. The lowest BCUT2D eigenvalue weighted by Crippen LogP contribution is -2.35. The highest BCUT2D eigenvalue weighted by Crippen LogP contribution is 2.19. The number of thiophene rings is 1. The molecular formula is C16H17N5O2S. The van der Waals surface area contributed by atoms with Crippen molar-refractivity contribution in [2.45, 2.75) is 32.4 Å². The second-order valence-corrected chi connectivity index (χ2v) is 6.85. The Kier molecular flexibility index (Phi) is 4.12. The third-order valence-electron chi connectivity index (χ3n) is 4.16. The molecule has 24 heavy (non-hydrogen) atoms. The van der Waals surface area contributed by atoms with E-state index in [1.54, 1.807) is 17.5 Å². The van der Waals surface area contributed by atoms with Gasteiger partial charge in [0.25, 0.3) is 0 Å². The van der Waals surface area contributed by atoms with E-state index in [1.807, 2.05) is 28.3 Å². The highest BCUT2D eigenvalue weighted by atomic mass is 32.1. The lowest BCUT2D eigenvalue weighted by atomic mass is 9.95. The highest BCUT2D eigenvalue weighted by molar-refractivity contribution is 7.09. The van der Waals surface area contributed by atoms with E-state index in [0.717, 1.165) is 25.1 Å². The number of fused-ring (bicyclic) bond motifs is 1. The first-order valence-corrected chi connectivity index (χ1v) is 8.78. The second-order valence-electron chi connectivity index (χ2n) is 5.81. The molecule has 0 spiro atoms. The fourth-order valence-electron chi connectivity index (χ4n) is 2.90. The Balaban J connectivity index is 1.31. The van der Waals surface area contributed by atoms with Gasteiger partial charge in [-0.3, -0.25) is 9.48 Å². The van der Waals surface area contributed by atoms with Crippen molar-refractivity contribution in [3.63, 3.8) is 0 Å².